The van der Waals surface area contributed by atoms with Crippen molar-refractivity contribution in [2.24, 2.45) is 0 Å². The summed E-state index contributed by atoms with van der Waals surface area (Å²) in [4.78, 5) is 30.1. The molecule has 1 saturated heterocycles. The van der Waals surface area contributed by atoms with Crippen LogP contribution in [-0.2, 0) is 17.3 Å². The summed E-state index contributed by atoms with van der Waals surface area (Å²) in [7, 11) is 0. The second kappa shape index (κ2) is 9.29. The number of nitrogens with one attached hydrogen (secondary N) is 1. The largest absolute Gasteiger partial charge is 0.416 e. The molecule has 1 aliphatic rings. The van der Waals surface area contributed by atoms with Gasteiger partial charge >= 0.3 is 6.18 Å². The quantitative estimate of drug-likeness (QED) is 0.651. The molecular weight excluding hydrogens is 435 g/mol. The Balaban J connectivity index is 0.00000272. The third-order valence-electron chi connectivity index (χ3n) is 5.02. The molecule has 0 spiro atoms. The van der Waals surface area contributed by atoms with Crippen molar-refractivity contribution in [3.8, 4) is 11.5 Å². The van der Waals surface area contributed by atoms with Gasteiger partial charge in [0.25, 0.3) is 5.56 Å². The van der Waals surface area contributed by atoms with Crippen LogP contribution < -0.4 is 5.56 Å². The van der Waals surface area contributed by atoms with Gasteiger partial charge < -0.3 is 9.72 Å². The van der Waals surface area contributed by atoms with Crippen molar-refractivity contribution in [3.05, 3.63) is 51.6 Å². The normalized spacial score (nSPS) is 15.1. The zero-order valence-corrected chi connectivity index (χ0v) is 17.5. The Morgan fingerprint density at radius 1 is 1.16 bits per heavy atom. The number of rotatable bonds is 4. The van der Waals surface area contributed by atoms with Gasteiger partial charge in [0.2, 0.25) is 0 Å². The maximum absolute atomic E-state index is 13.0. The Morgan fingerprint density at radius 3 is 2.61 bits per heavy atom. The third-order valence-corrected chi connectivity index (χ3v) is 5.02. The molecule has 7 nitrogen and oxygen atoms in total. The van der Waals surface area contributed by atoms with Crippen LogP contribution in [0.1, 0.15) is 16.8 Å². The number of alkyl halides is 3. The first-order chi connectivity index (χ1) is 14.3. The SMILES string of the molecule is Cc1cc(CCN2CCOCC2)nc2c(=O)[nH]c(-c3cc(C(F)(F)F)ccn3)nc12.Cl. The van der Waals surface area contributed by atoms with Crippen LogP contribution in [0.15, 0.2) is 29.2 Å². The van der Waals surface area contributed by atoms with Crippen molar-refractivity contribution >= 4 is 23.4 Å². The Hall–Kier alpha value is -2.56. The van der Waals surface area contributed by atoms with Crippen molar-refractivity contribution < 1.29 is 17.9 Å². The number of aromatic amines is 1. The predicted octanol–water partition coefficient (Wildman–Crippen LogP) is 3.00. The smallest absolute Gasteiger partial charge is 0.379 e. The van der Waals surface area contributed by atoms with Gasteiger partial charge in [-0.3, -0.25) is 14.7 Å². The maximum atomic E-state index is 13.0. The number of aromatic nitrogens is 4. The molecule has 4 rings (SSSR count). The standard InChI is InChI=1S/C20H20F3N5O2.ClH/c1-12-10-14(3-5-28-6-8-30-9-7-28)25-17-16(12)26-18(27-19(17)29)15-11-13(2-4-24-15)20(21,22)23;/h2,4,10-11H,3,5-9H2,1H3,(H,26,27,29);1H. The molecule has 0 unspecified atom stereocenters. The molecule has 0 bridgehead atoms. The van der Waals surface area contributed by atoms with Crippen LogP contribution in [0, 0.1) is 6.92 Å². The van der Waals surface area contributed by atoms with Crippen LogP contribution in [-0.4, -0.2) is 57.7 Å². The van der Waals surface area contributed by atoms with Crippen LogP contribution in [0.2, 0.25) is 0 Å². The first kappa shape index (κ1) is 23.1. The van der Waals surface area contributed by atoms with Gasteiger partial charge in [-0.25, -0.2) is 9.97 Å². The molecule has 3 aromatic rings. The average molecular weight is 456 g/mol. The fourth-order valence-electron chi connectivity index (χ4n) is 3.42. The minimum Gasteiger partial charge on any atom is -0.379 e. The molecule has 0 saturated carbocycles. The molecule has 166 valence electrons. The van der Waals surface area contributed by atoms with Gasteiger partial charge in [-0.1, -0.05) is 0 Å². The molecule has 0 atom stereocenters. The van der Waals surface area contributed by atoms with Crippen LogP contribution >= 0.6 is 12.4 Å². The minimum absolute atomic E-state index is 0. The van der Waals surface area contributed by atoms with Crippen molar-refractivity contribution in [2.75, 3.05) is 32.8 Å². The second-order valence-corrected chi connectivity index (χ2v) is 7.17. The van der Waals surface area contributed by atoms with Gasteiger partial charge in [0.15, 0.2) is 11.3 Å². The Labute approximate surface area is 182 Å². The monoisotopic (exact) mass is 455 g/mol. The Morgan fingerprint density at radius 2 is 1.90 bits per heavy atom. The minimum atomic E-state index is -4.51. The second-order valence-electron chi connectivity index (χ2n) is 7.17. The molecule has 31 heavy (non-hydrogen) atoms. The average Bonchev–Trinajstić information content (AvgIpc) is 2.73. The number of aryl methyl sites for hydroxylation is 1. The summed E-state index contributed by atoms with van der Waals surface area (Å²) >= 11 is 0. The Kier molecular flexibility index (Phi) is 6.93. The zero-order chi connectivity index (χ0) is 21.3. The first-order valence-electron chi connectivity index (χ1n) is 9.55. The number of nitrogens with zero attached hydrogens (tertiary/aromatic N) is 4. The Bertz CT molecular complexity index is 1130. The van der Waals surface area contributed by atoms with E-state index in [-0.39, 0.29) is 29.4 Å². The van der Waals surface area contributed by atoms with Gasteiger partial charge in [0, 0.05) is 37.9 Å². The number of fused-ring (bicyclic) bond motifs is 1. The number of pyridine rings is 2. The molecule has 0 aliphatic carbocycles. The lowest BCUT2D eigenvalue weighted by Gasteiger charge is -2.26. The molecule has 4 heterocycles. The van der Waals surface area contributed by atoms with Gasteiger partial charge in [0.05, 0.1) is 24.3 Å². The number of morpholine rings is 1. The highest BCUT2D eigenvalue weighted by molar-refractivity contribution is 5.85. The lowest BCUT2D eigenvalue weighted by molar-refractivity contribution is -0.137. The van der Waals surface area contributed by atoms with Crippen molar-refractivity contribution in [1.82, 2.24) is 24.8 Å². The molecule has 0 aromatic carbocycles. The lowest BCUT2D eigenvalue weighted by Crippen LogP contribution is -2.37. The number of hydrogen-bond acceptors (Lipinski definition) is 6. The zero-order valence-electron chi connectivity index (χ0n) is 16.7. The van der Waals surface area contributed by atoms with Gasteiger partial charge in [0.1, 0.15) is 5.69 Å². The van der Waals surface area contributed by atoms with E-state index in [4.69, 9.17) is 4.74 Å². The lowest BCUT2D eigenvalue weighted by atomic mass is 10.1. The molecule has 1 aliphatic heterocycles. The highest BCUT2D eigenvalue weighted by Gasteiger charge is 2.31. The fraction of sp³-hybridized carbons (Fsp3) is 0.400. The van der Waals surface area contributed by atoms with E-state index >= 15 is 0 Å². The first-order valence-corrected chi connectivity index (χ1v) is 9.55. The topological polar surface area (TPSA) is 84.0 Å². The van der Waals surface area contributed by atoms with E-state index in [1.165, 1.54) is 0 Å². The number of ether oxygens (including phenoxy) is 1. The summed E-state index contributed by atoms with van der Waals surface area (Å²) in [5, 5.41) is 0. The predicted molar refractivity (Wildman–Crippen MR) is 111 cm³/mol. The summed E-state index contributed by atoms with van der Waals surface area (Å²) in [6, 6.07) is 3.60. The van der Waals surface area contributed by atoms with Crippen molar-refractivity contribution in [2.45, 2.75) is 19.5 Å². The maximum Gasteiger partial charge on any atom is 0.416 e. The van der Waals surface area contributed by atoms with Crippen LogP contribution in [0.25, 0.3) is 22.6 Å². The summed E-state index contributed by atoms with van der Waals surface area (Å²) in [5.74, 6) is -0.0235. The molecule has 3 aromatic heterocycles. The van der Waals surface area contributed by atoms with Crippen LogP contribution in [0.5, 0.6) is 0 Å². The highest BCUT2D eigenvalue weighted by Crippen LogP contribution is 2.30. The summed E-state index contributed by atoms with van der Waals surface area (Å²) < 4.78 is 44.3. The van der Waals surface area contributed by atoms with Crippen molar-refractivity contribution in [1.29, 1.82) is 0 Å². The molecule has 0 amide bonds. The summed E-state index contributed by atoms with van der Waals surface area (Å²) in [5.41, 5.74) is 0.597. The fourth-order valence-corrected chi connectivity index (χ4v) is 3.42. The van der Waals surface area contributed by atoms with E-state index in [1.54, 1.807) is 6.92 Å². The van der Waals surface area contributed by atoms with E-state index < -0.39 is 17.3 Å². The molecule has 1 N–H and O–H groups in total. The van der Waals surface area contributed by atoms with Gasteiger partial charge in [-0.05, 0) is 30.7 Å². The third kappa shape index (κ3) is 5.20. The van der Waals surface area contributed by atoms with E-state index in [9.17, 15) is 18.0 Å². The van der Waals surface area contributed by atoms with E-state index in [1.807, 2.05) is 6.07 Å². The van der Waals surface area contributed by atoms with Gasteiger partial charge in [-0.15, -0.1) is 12.4 Å². The molecule has 11 heteroatoms. The number of halogens is 4. The van der Waals surface area contributed by atoms with E-state index in [0.29, 0.717) is 25.2 Å². The molecule has 0 radical (unpaired) electrons. The highest BCUT2D eigenvalue weighted by atomic mass is 35.5. The van der Waals surface area contributed by atoms with E-state index in [0.717, 1.165) is 49.2 Å². The van der Waals surface area contributed by atoms with Gasteiger partial charge in [-0.2, -0.15) is 13.2 Å². The molecular formula is C20H21ClF3N5O2. The number of hydrogen-bond donors (Lipinski definition) is 1. The van der Waals surface area contributed by atoms with E-state index in [2.05, 4.69) is 24.8 Å². The summed E-state index contributed by atoms with van der Waals surface area (Å²) in [6.45, 7) is 5.75. The van der Waals surface area contributed by atoms with Crippen molar-refractivity contribution in [3.63, 3.8) is 0 Å². The number of H-pyrrole nitrogens is 1. The van der Waals surface area contributed by atoms with Crippen LogP contribution in [0.4, 0.5) is 13.2 Å². The summed E-state index contributed by atoms with van der Waals surface area (Å²) in [6.07, 6.45) is -2.79. The molecule has 1 fully saturated rings. The van der Waals surface area contributed by atoms with Crippen LogP contribution in [0.3, 0.4) is 0 Å².